The van der Waals surface area contributed by atoms with Crippen molar-refractivity contribution >= 4 is 29.0 Å². The third-order valence-electron chi connectivity index (χ3n) is 6.03. The molecule has 0 N–H and O–H groups in total. The fourth-order valence-electron chi connectivity index (χ4n) is 3.97. The number of halogens is 1. The molecule has 198 valence electrons. The van der Waals surface area contributed by atoms with Gasteiger partial charge in [-0.2, -0.15) is 0 Å². The largest absolute Gasteiger partial charge is 0.493 e. The van der Waals surface area contributed by atoms with E-state index in [2.05, 4.69) is 13.8 Å². The van der Waals surface area contributed by atoms with Gasteiger partial charge < -0.3 is 14.2 Å². The molecule has 0 unspecified atom stereocenters. The van der Waals surface area contributed by atoms with Gasteiger partial charge >= 0.3 is 0 Å². The number of ether oxygens (including phenoxy) is 3. The van der Waals surface area contributed by atoms with Gasteiger partial charge in [-0.05, 0) is 83.3 Å². The highest BCUT2D eigenvalue weighted by molar-refractivity contribution is 8.18. The van der Waals surface area contributed by atoms with Crippen LogP contribution in [-0.2, 0) is 11.4 Å². The monoisotopic (exact) mass is 535 g/mol. The molecule has 0 bridgehead atoms. The normalized spacial score (nSPS) is 14.5. The molecule has 3 aromatic rings. The summed E-state index contributed by atoms with van der Waals surface area (Å²) in [6.45, 7) is 6.81. The number of thioether (sulfide) groups is 1. The minimum atomic E-state index is -0.354. The van der Waals surface area contributed by atoms with Crippen LogP contribution in [0.2, 0.25) is 0 Å². The van der Waals surface area contributed by atoms with E-state index < -0.39 is 0 Å². The molecule has 0 aromatic heterocycles. The predicted octanol–water partition coefficient (Wildman–Crippen LogP) is 6.96. The number of aryl methyl sites for hydroxylation is 1. The van der Waals surface area contributed by atoms with Crippen molar-refractivity contribution < 1.29 is 28.2 Å². The van der Waals surface area contributed by atoms with Crippen LogP contribution in [0.5, 0.6) is 17.2 Å². The summed E-state index contributed by atoms with van der Waals surface area (Å²) in [6.07, 6.45) is 1.66. The maximum atomic E-state index is 13.1. The summed E-state index contributed by atoms with van der Waals surface area (Å²) in [5, 5.41) is -0.329. The number of benzene rings is 3. The number of carbonyl (C=O) groups is 2. The second-order valence-corrected chi connectivity index (χ2v) is 10.2. The number of hydrogen-bond donors (Lipinski definition) is 0. The lowest BCUT2D eigenvalue weighted by atomic mass is 10.0. The zero-order valence-electron chi connectivity index (χ0n) is 21.8. The minimum Gasteiger partial charge on any atom is -0.493 e. The number of methoxy groups -OCH3 is 1. The molecule has 1 aliphatic rings. The van der Waals surface area contributed by atoms with Crippen LogP contribution in [0.3, 0.4) is 0 Å². The summed E-state index contributed by atoms with van der Waals surface area (Å²) in [4.78, 5) is 27.1. The van der Waals surface area contributed by atoms with Gasteiger partial charge in [-0.25, -0.2) is 4.39 Å². The van der Waals surface area contributed by atoms with Gasteiger partial charge in [-0.1, -0.05) is 44.2 Å². The molecule has 6 nitrogen and oxygen atoms in total. The van der Waals surface area contributed by atoms with Crippen molar-refractivity contribution in [3.8, 4) is 17.2 Å². The number of nitrogens with zero attached hydrogens (tertiary/aromatic N) is 1. The molecule has 0 radical (unpaired) electrons. The Balaban J connectivity index is 1.40. The summed E-state index contributed by atoms with van der Waals surface area (Å²) in [7, 11) is 1.52. The molecule has 3 aromatic carbocycles. The molecule has 0 aliphatic carbocycles. The quantitative estimate of drug-likeness (QED) is 0.262. The first-order valence-electron chi connectivity index (χ1n) is 12.3. The number of carbonyl (C=O) groups excluding carboxylic acids is 2. The molecule has 1 heterocycles. The zero-order valence-corrected chi connectivity index (χ0v) is 22.6. The van der Waals surface area contributed by atoms with Gasteiger partial charge in [0.1, 0.15) is 24.8 Å². The van der Waals surface area contributed by atoms with E-state index in [0.717, 1.165) is 34.2 Å². The molecule has 0 atom stereocenters. The van der Waals surface area contributed by atoms with Crippen molar-refractivity contribution in [2.75, 3.05) is 20.3 Å². The summed E-state index contributed by atoms with van der Waals surface area (Å²) in [5.41, 5.74) is 3.68. The molecule has 4 rings (SSSR count). The fraction of sp³-hybridized carbons (Fsp3) is 0.267. The molecule has 1 fully saturated rings. The number of rotatable bonds is 10. The lowest BCUT2D eigenvalue weighted by molar-refractivity contribution is -0.123. The van der Waals surface area contributed by atoms with Gasteiger partial charge in [-0.15, -0.1) is 0 Å². The SMILES string of the molecule is COc1cc(/C=C2\SC(=O)N(CCOc3cc(C)ccc3C(C)C)C2=O)ccc1OCc1ccc(F)cc1. The van der Waals surface area contributed by atoms with E-state index in [1.54, 1.807) is 36.4 Å². The zero-order chi connectivity index (χ0) is 27.2. The molecule has 0 spiro atoms. The average molecular weight is 536 g/mol. The molecule has 0 saturated carbocycles. The van der Waals surface area contributed by atoms with Gasteiger partial charge in [0.15, 0.2) is 11.5 Å². The maximum Gasteiger partial charge on any atom is 0.293 e. The topological polar surface area (TPSA) is 65.1 Å². The van der Waals surface area contributed by atoms with E-state index in [-0.39, 0.29) is 36.7 Å². The molecule has 38 heavy (non-hydrogen) atoms. The van der Waals surface area contributed by atoms with Crippen LogP contribution in [0, 0.1) is 12.7 Å². The van der Waals surface area contributed by atoms with E-state index in [4.69, 9.17) is 14.2 Å². The van der Waals surface area contributed by atoms with Crippen LogP contribution in [0.4, 0.5) is 9.18 Å². The molecule has 2 amide bonds. The van der Waals surface area contributed by atoms with Gasteiger partial charge in [0.2, 0.25) is 0 Å². The van der Waals surface area contributed by atoms with Crippen molar-refractivity contribution in [1.82, 2.24) is 4.90 Å². The summed E-state index contributed by atoms with van der Waals surface area (Å²) in [5.74, 6) is 1.40. The third kappa shape index (κ3) is 6.55. The number of hydrogen-bond acceptors (Lipinski definition) is 6. The maximum absolute atomic E-state index is 13.1. The van der Waals surface area contributed by atoms with Gasteiger partial charge in [0.25, 0.3) is 11.1 Å². The first-order chi connectivity index (χ1) is 18.2. The van der Waals surface area contributed by atoms with Crippen molar-refractivity contribution in [2.24, 2.45) is 0 Å². The summed E-state index contributed by atoms with van der Waals surface area (Å²) < 4.78 is 30.4. The second kappa shape index (κ2) is 12.2. The summed E-state index contributed by atoms with van der Waals surface area (Å²) in [6, 6.07) is 17.4. The van der Waals surface area contributed by atoms with Gasteiger partial charge in [-0.3, -0.25) is 14.5 Å². The Morgan fingerprint density at radius 2 is 1.71 bits per heavy atom. The van der Waals surface area contributed by atoms with Crippen LogP contribution in [0.15, 0.2) is 65.6 Å². The van der Waals surface area contributed by atoms with Crippen LogP contribution in [0.1, 0.15) is 42.0 Å². The van der Waals surface area contributed by atoms with E-state index in [1.165, 1.54) is 24.1 Å². The highest BCUT2D eigenvalue weighted by Crippen LogP contribution is 2.35. The highest BCUT2D eigenvalue weighted by Gasteiger charge is 2.35. The molecular formula is C30H30FNO5S. The van der Waals surface area contributed by atoms with Gasteiger partial charge in [0, 0.05) is 0 Å². The minimum absolute atomic E-state index is 0.160. The smallest absolute Gasteiger partial charge is 0.293 e. The fourth-order valence-corrected chi connectivity index (χ4v) is 4.83. The predicted molar refractivity (Wildman–Crippen MR) is 147 cm³/mol. The van der Waals surface area contributed by atoms with Crippen LogP contribution < -0.4 is 14.2 Å². The number of amides is 2. The van der Waals surface area contributed by atoms with E-state index in [0.29, 0.717) is 27.9 Å². The van der Waals surface area contributed by atoms with Gasteiger partial charge in [0.05, 0.1) is 18.6 Å². The highest BCUT2D eigenvalue weighted by atomic mass is 32.2. The lowest BCUT2D eigenvalue weighted by Crippen LogP contribution is -2.32. The van der Waals surface area contributed by atoms with Crippen molar-refractivity contribution in [1.29, 1.82) is 0 Å². The molecular weight excluding hydrogens is 505 g/mol. The van der Waals surface area contributed by atoms with Crippen LogP contribution >= 0.6 is 11.8 Å². The van der Waals surface area contributed by atoms with Crippen molar-refractivity contribution in [3.05, 3.63) is 93.6 Å². The van der Waals surface area contributed by atoms with Crippen LogP contribution in [0.25, 0.3) is 6.08 Å². The summed E-state index contributed by atoms with van der Waals surface area (Å²) >= 11 is 0.900. The Bertz CT molecular complexity index is 1350. The Morgan fingerprint density at radius 3 is 2.42 bits per heavy atom. The van der Waals surface area contributed by atoms with E-state index >= 15 is 0 Å². The van der Waals surface area contributed by atoms with Crippen LogP contribution in [-0.4, -0.2) is 36.3 Å². The average Bonchev–Trinajstić information content (AvgIpc) is 3.16. The van der Waals surface area contributed by atoms with Crippen molar-refractivity contribution in [2.45, 2.75) is 33.3 Å². The lowest BCUT2D eigenvalue weighted by Gasteiger charge is -2.17. The molecule has 8 heteroatoms. The first kappa shape index (κ1) is 27.3. The first-order valence-corrected chi connectivity index (χ1v) is 13.1. The standard InChI is InChI=1S/C30H30FNO5S/c1-19(2)24-11-5-20(3)15-26(24)36-14-13-32-29(33)28(38-30(32)34)17-22-8-12-25(27(16-22)35-4)37-18-21-6-9-23(31)10-7-21/h5-12,15-17,19H,13-14,18H2,1-4H3/b28-17-. The number of imide groups is 1. The van der Waals surface area contributed by atoms with E-state index in [1.807, 2.05) is 25.1 Å². The Labute approximate surface area is 226 Å². The third-order valence-corrected chi connectivity index (χ3v) is 6.94. The van der Waals surface area contributed by atoms with E-state index in [9.17, 15) is 14.0 Å². The Hall–Kier alpha value is -3.78. The van der Waals surface area contributed by atoms with Crippen molar-refractivity contribution in [3.63, 3.8) is 0 Å². The second-order valence-electron chi connectivity index (χ2n) is 9.20. The molecule has 1 saturated heterocycles. The molecule has 1 aliphatic heterocycles. The Morgan fingerprint density at radius 1 is 0.947 bits per heavy atom. The Kier molecular flexibility index (Phi) is 8.73.